The zero-order valence-electron chi connectivity index (χ0n) is 14.4. The van der Waals surface area contributed by atoms with Crippen LogP contribution in [0.3, 0.4) is 0 Å². The topological polar surface area (TPSA) is 46.0 Å². The van der Waals surface area contributed by atoms with Crippen molar-refractivity contribution in [3.8, 4) is 0 Å². The summed E-state index contributed by atoms with van der Waals surface area (Å²) in [6.07, 6.45) is 11.5. The van der Waals surface area contributed by atoms with E-state index >= 15 is 0 Å². The van der Waals surface area contributed by atoms with Gasteiger partial charge in [-0.15, -0.1) is 0 Å². The Kier molecular flexibility index (Phi) is 6.36. The largest absolute Gasteiger partial charge is 0.312 e. The van der Waals surface area contributed by atoms with Crippen LogP contribution in [0.2, 0.25) is 0 Å². The maximum Gasteiger partial charge on any atom is 0.137 e. The molecule has 1 aromatic rings. The van der Waals surface area contributed by atoms with Crippen molar-refractivity contribution in [3.05, 3.63) is 12.7 Å². The molecule has 0 radical (unpaired) electrons. The first kappa shape index (κ1) is 17.2. The molecular formula is C17H31N5S. The number of rotatable bonds is 7. The fourth-order valence-corrected chi connectivity index (χ4v) is 4.90. The summed E-state index contributed by atoms with van der Waals surface area (Å²) in [5.74, 6) is 2.62. The zero-order valence-corrected chi connectivity index (χ0v) is 15.2. The average molecular weight is 338 g/mol. The summed E-state index contributed by atoms with van der Waals surface area (Å²) in [4.78, 5) is 6.82. The number of aromatic nitrogens is 3. The van der Waals surface area contributed by atoms with Crippen LogP contribution in [0.25, 0.3) is 0 Å². The van der Waals surface area contributed by atoms with Crippen LogP contribution < -0.4 is 5.32 Å². The van der Waals surface area contributed by atoms with Crippen LogP contribution in [0.1, 0.15) is 45.4 Å². The van der Waals surface area contributed by atoms with Gasteiger partial charge in [0.2, 0.25) is 0 Å². The van der Waals surface area contributed by atoms with E-state index in [4.69, 9.17) is 0 Å². The maximum atomic E-state index is 4.19. The van der Waals surface area contributed by atoms with Crippen molar-refractivity contribution in [1.29, 1.82) is 0 Å². The molecule has 1 saturated heterocycles. The van der Waals surface area contributed by atoms with E-state index < -0.39 is 0 Å². The SMILES string of the molecule is C[C@@H](CCn1cncn1)NCC1(N2CCSCC2)CCCCC1. The number of hydrogen-bond acceptors (Lipinski definition) is 5. The Morgan fingerprint density at radius 2 is 2.00 bits per heavy atom. The number of nitrogens with one attached hydrogen (secondary N) is 1. The van der Waals surface area contributed by atoms with Gasteiger partial charge >= 0.3 is 0 Å². The molecule has 1 atom stereocenters. The fourth-order valence-electron chi connectivity index (χ4n) is 3.99. The molecule has 0 aromatic carbocycles. The highest BCUT2D eigenvalue weighted by atomic mass is 32.2. The highest BCUT2D eigenvalue weighted by Crippen LogP contribution is 2.35. The molecule has 0 unspecified atom stereocenters. The van der Waals surface area contributed by atoms with E-state index in [1.165, 1.54) is 56.7 Å². The molecule has 6 heteroatoms. The van der Waals surface area contributed by atoms with E-state index in [0.29, 0.717) is 11.6 Å². The molecule has 1 saturated carbocycles. The molecule has 2 aliphatic rings. The number of hydrogen-bond donors (Lipinski definition) is 1. The van der Waals surface area contributed by atoms with Crippen molar-refractivity contribution in [3.63, 3.8) is 0 Å². The van der Waals surface area contributed by atoms with E-state index in [9.17, 15) is 0 Å². The minimum absolute atomic E-state index is 0.417. The second-order valence-electron chi connectivity index (χ2n) is 7.11. The first-order valence-electron chi connectivity index (χ1n) is 9.17. The Hall–Kier alpha value is -0.590. The van der Waals surface area contributed by atoms with Gasteiger partial charge in [0.05, 0.1) is 0 Å². The summed E-state index contributed by atoms with van der Waals surface area (Å²) < 4.78 is 1.93. The summed E-state index contributed by atoms with van der Waals surface area (Å²) in [5, 5.41) is 8.04. The molecule has 1 N–H and O–H groups in total. The van der Waals surface area contributed by atoms with Crippen LogP contribution >= 0.6 is 11.8 Å². The van der Waals surface area contributed by atoms with Gasteiger partial charge in [-0.3, -0.25) is 9.58 Å². The predicted molar refractivity (Wildman–Crippen MR) is 96.8 cm³/mol. The van der Waals surface area contributed by atoms with Crippen molar-refractivity contribution in [2.24, 2.45) is 0 Å². The summed E-state index contributed by atoms with van der Waals surface area (Å²) in [5.41, 5.74) is 0.417. The first-order chi connectivity index (χ1) is 11.3. The molecule has 3 rings (SSSR count). The Morgan fingerprint density at radius 3 is 2.70 bits per heavy atom. The average Bonchev–Trinajstić information content (AvgIpc) is 3.13. The van der Waals surface area contributed by atoms with Crippen LogP contribution in [0, 0.1) is 0 Å². The molecule has 2 heterocycles. The van der Waals surface area contributed by atoms with Gasteiger partial charge in [0.25, 0.3) is 0 Å². The minimum atomic E-state index is 0.417. The standard InChI is InChI=1S/C17H31N5S/c1-16(5-8-22-15-18-14-20-22)19-13-17(6-3-2-4-7-17)21-9-11-23-12-10-21/h14-16,19H,2-13H2,1H3/t16-/m0/s1. The lowest BCUT2D eigenvalue weighted by Crippen LogP contribution is -2.59. The number of nitrogens with zero attached hydrogens (tertiary/aromatic N) is 4. The highest BCUT2D eigenvalue weighted by Gasteiger charge is 2.38. The summed E-state index contributed by atoms with van der Waals surface area (Å²) in [7, 11) is 0. The third-order valence-corrected chi connectivity index (χ3v) is 6.45. The van der Waals surface area contributed by atoms with Crippen LogP contribution in [0.15, 0.2) is 12.7 Å². The highest BCUT2D eigenvalue weighted by molar-refractivity contribution is 7.99. The van der Waals surface area contributed by atoms with Crippen molar-refractivity contribution < 1.29 is 0 Å². The summed E-state index contributed by atoms with van der Waals surface area (Å²) >= 11 is 2.11. The molecule has 0 bridgehead atoms. The Bertz CT molecular complexity index is 438. The molecule has 1 aromatic heterocycles. The van der Waals surface area contributed by atoms with Gasteiger partial charge in [-0.25, -0.2) is 4.98 Å². The van der Waals surface area contributed by atoms with E-state index in [0.717, 1.165) is 19.5 Å². The van der Waals surface area contributed by atoms with Crippen molar-refractivity contribution in [2.75, 3.05) is 31.1 Å². The van der Waals surface area contributed by atoms with Crippen molar-refractivity contribution >= 4 is 11.8 Å². The minimum Gasteiger partial charge on any atom is -0.312 e. The molecule has 23 heavy (non-hydrogen) atoms. The third-order valence-electron chi connectivity index (χ3n) is 5.50. The number of aryl methyl sites for hydroxylation is 1. The molecule has 1 aliphatic carbocycles. The second-order valence-corrected chi connectivity index (χ2v) is 8.34. The van der Waals surface area contributed by atoms with Crippen LogP contribution in [0.5, 0.6) is 0 Å². The van der Waals surface area contributed by atoms with Crippen molar-refractivity contribution in [1.82, 2.24) is 25.0 Å². The predicted octanol–water partition coefficient (Wildman–Crippen LogP) is 2.40. The Balaban J connectivity index is 1.51. The Morgan fingerprint density at radius 1 is 1.22 bits per heavy atom. The zero-order chi connectivity index (χ0) is 16.0. The smallest absolute Gasteiger partial charge is 0.137 e. The van der Waals surface area contributed by atoms with E-state index in [1.54, 1.807) is 12.7 Å². The monoisotopic (exact) mass is 337 g/mol. The van der Waals surface area contributed by atoms with Gasteiger partial charge in [0, 0.05) is 49.3 Å². The van der Waals surface area contributed by atoms with Gasteiger partial charge in [0.15, 0.2) is 0 Å². The lowest BCUT2D eigenvalue weighted by atomic mass is 9.79. The van der Waals surface area contributed by atoms with Crippen LogP contribution in [-0.4, -0.2) is 62.4 Å². The fraction of sp³-hybridized carbons (Fsp3) is 0.882. The van der Waals surface area contributed by atoms with Crippen LogP contribution in [0.4, 0.5) is 0 Å². The number of thioether (sulfide) groups is 1. The third kappa shape index (κ3) is 4.70. The summed E-state index contributed by atoms with van der Waals surface area (Å²) in [6.45, 7) is 6.95. The van der Waals surface area contributed by atoms with E-state index in [1.807, 2.05) is 4.68 Å². The molecular weight excluding hydrogens is 306 g/mol. The van der Waals surface area contributed by atoms with Crippen LogP contribution in [-0.2, 0) is 6.54 Å². The van der Waals surface area contributed by atoms with Gasteiger partial charge in [-0.05, 0) is 26.2 Å². The van der Waals surface area contributed by atoms with Gasteiger partial charge in [-0.1, -0.05) is 19.3 Å². The Labute approximate surface area is 144 Å². The molecule has 5 nitrogen and oxygen atoms in total. The molecule has 0 spiro atoms. The lowest BCUT2D eigenvalue weighted by molar-refractivity contribution is 0.0561. The lowest BCUT2D eigenvalue weighted by Gasteiger charge is -2.48. The van der Waals surface area contributed by atoms with E-state index in [-0.39, 0.29) is 0 Å². The van der Waals surface area contributed by atoms with Crippen molar-refractivity contribution in [2.45, 2.75) is 63.6 Å². The quantitative estimate of drug-likeness (QED) is 0.828. The van der Waals surface area contributed by atoms with Gasteiger partial charge in [0.1, 0.15) is 12.7 Å². The van der Waals surface area contributed by atoms with E-state index in [2.05, 4.69) is 39.0 Å². The second kappa shape index (κ2) is 8.49. The van der Waals surface area contributed by atoms with Gasteiger partial charge in [-0.2, -0.15) is 16.9 Å². The van der Waals surface area contributed by atoms with Gasteiger partial charge < -0.3 is 5.32 Å². The molecule has 1 aliphatic heterocycles. The molecule has 130 valence electrons. The molecule has 2 fully saturated rings. The first-order valence-corrected chi connectivity index (χ1v) is 10.3. The maximum absolute atomic E-state index is 4.19. The molecule has 0 amide bonds. The summed E-state index contributed by atoms with van der Waals surface area (Å²) in [6, 6.07) is 0.525. The normalized spacial score (nSPS) is 23.7.